The van der Waals surface area contributed by atoms with Gasteiger partial charge in [-0.25, -0.2) is 9.37 Å². The lowest BCUT2D eigenvalue weighted by Gasteiger charge is -2.30. The molecule has 1 aliphatic carbocycles. The Labute approximate surface area is 229 Å². The number of amides is 1. The van der Waals surface area contributed by atoms with E-state index in [1.165, 1.54) is 17.5 Å². The van der Waals surface area contributed by atoms with Crippen LogP contribution in [-0.4, -0.2) is 57.4 Å². The molecule has 0 spiro atoms. The number of anilines is 5. The average molecular weight is 560 g/mol. The number of halogens is 2. The molecule has 1 aromatic carbocycles. The van der Waals surface area contributed by atoms with Gasteiger partial charge in [-0.2, -0.15) is 9.97 Å². The van der Waals surface area contributed by atoms with E-state index in [0.717, 1.165) is 31.2 Å². The number of piperidine rings is 1. The van der Waals surface area contributed by atoms with Crippen LogP contribution in [0.15, 0.2) is 30.5 Å². The lowest BCUT2D eigenvalue weighted by Crippen LogP contribution is -2.35. The quantitative estimate of drug-likeness (QED) is 0.298. The van der Waals surface area contributed by atoms with Crippen molar-refractivity contribution >= 4 is 57.2 Å². The number of carbonyl (C=O) groups excluding carboxylic acids is 1. The zero-order valence-electron chi connectivity index (χ0n) is 21.1. The predicted octanol–water partition coefficient (Wildman–Crippen LogP) is 5.54. The van der Waals surface area contributed by atoms with E-state index in [9.17, 15) is 14.3 Å². The third-order valence-electron chi connectivity index (χ3n) is 6.92. The van der Waals surface area contributed by atoms with E-state index in [1.54, 1.807) is 6.07 Å². The number of aryl methyl sites for hydroxylation is 1. The maximum absolute atomic E-state index is 13.8. The molecule has 12 heteroatoms. The summed E-state index contributed by atoms with van der Waals surface area (Å²) in [6.45, 7) is 3.04. The molecule has 4 N–H and O–H groups in total. The van der Waals surface area contributed by atoms with Crippen molar-refractivity contribution < 1.29 is 14.3 Å². The molecule has 2 fully saturated rings. The molecule has 1 saturated carbocycles. The van der Waals surface area contributed by atoms with Gasteiger partial charge in [0.05, 0.1) is 23.0 Å². The topological polar surface area (TPSA) is 115 Å². The number of nitrogens with zero attached hydrogens (tertiary/aromatic N) is 4. The molecule has 1 amide bonds. The van der Waals surface area contributed by atoms with Gasteiger partial charge in [0.1, 0.15) is 22.7 Å². The molecular weight excluding hydrogens is 529 g/mol. The number of aliphatic hydroxyl groups excluding tert-OH is 1. The Morgan fingerprint density at radius 2 is 1.92 bits per heavy atom. The number of alkyl halides is 1. The summed E-state index contributed by atoms with van der Waals surface area (Å²) in [5.41, 5.74) is 1.44. The van der Waals surface area contributed by atoms with Crippen molar-refractivity contribution in [2.75, 3.05) is 33.9 Å². The highest BCUT2D eigenvalue weighted by Gasteiger charge is 2.23. The lowest BCUT2D eigenvalue weighted by molar-refractivity contribution is 0.103. The maximum atomic E-state index is 13.8. The third kappa shape index (κ3) is 6.51. The molecule has 1 aliphatic heterocycles. The fourth-order valence-electron chi connectivity index (χ4n) is 4.72. The van der Waals surface area contributed by atoms with E-state index >= 15 is 0 Å². The van der Waals surface area contributed by atoms with Crippen LogP contribution in [0.5, 0.6) is 0 Å². The summed E-state index contributed by atoms with van der Waals surface area (Å²) in [7, 11) is 0. The van der Waals surface area contributed by atoms with Gasteiger partial charge in [0.2, 0.25) is 5.95 Å². The van der Waals surface area contributed by atoms with Crippen LogP contribution in [0.1, 0.15) is 53.8 Å². The number of rotatable bonds is 7. The molecule has 0 atom stereocenters. The first-order chi connectivity index (χ1) is 18.3. The Balaban J connectivity index is 1.33. The fourth-order valence-corrected chi connectivity index (χ4v) is 5.70. The molecule has 38 heavy (non-hydrogen) atoms. The van der Waals surface area contributed by atoms with Crippen LogP contribution in [0.2, 0.25) is 5.02 Å². The van der Waals surface area contributed by atoms with Gasteiger partial charge >= 0.3 is 0 Å². The Hall–Kier alpha value is -3.02. The molecule has 3 heterocycles. The molecule has 0 bridgehead atoms. The van der Waals surface area contributed by atoms with E-state index in [-0.39, 0.29) is 18.1 Å². The molecular formula is C26H31ClFN7O2S. The summed E-state index contributed by atoms with van der Waals surface area (Å²) in [5.74, 6) is 1.40. The van der Waals surface area contributed by atoms with Gasteiger partial charge in [-0.3, -0.25) is 4.79 Å². The highest BCUT2D eigenvalue weighted by Crippen LogP contribution is 2.30. The minimum atomic E-state index is -0.786. The van der Waals surface area contributed by atoms with Crippen LogP contribution >= 0.6 is 22.9 Å². The highest BCUT2D eigenvalue weighted by atomic mass is 35.5. The summed E-state index contributed by atoms with van der Waals surface area (Å²) < 4.78 is 13.8. The predicted molar refractivity (Wildman–Crippen MR) is 150 cm³/mol. The summed E-state index contributed by atoms with van der Waals surface area (Å²) in [4.78, 5) is 29.1. The van der Waals surface area contributed by atoms with E-state index in [1.807, 2.05) is 25.1 Å². The van der Waals surface area contributed by atoms with Crippen molar-refractivity contribution in [2.24, 2.45) is 0 Å². The van der Waals surface area contributed by atoms with Crippen molar-refractivity contribution in [3.05, 3.63) is 45.9 Å². The van der Waals surface area contributed by atoms with E-state index in [2.05, 4.69) is 30.8 Å². The second kappa shape index (κ2) is 11.8. The Morgan fingerprint density at radius 1 is 1.16 bits per heavy atom. The zero-order chi connectivity index (χ0) is 26.6. The molecule has 0 radical (unpaired) electrons. The molecule has 2 aromatic heterocycles. The normalized spacial score (nSPS) is 20.3. The van der Waals surface area contributed by atoms with Crippen molar-refractivity contribution in [1.82, 2.24) is 15.0 Å². The molecule has 9 nitrogen and oxygen atoms in total. The van der Waals surface area contributed by atoms with E-state index in [4.69, 9.17) is 16.6 Å². The molecule has 202 valence electrons. The second-order valence-corrected chi connectivity index (χ2v) is 11.2. The number of para-hydroxylation sites is 1. The molecule has 2 aliphatic rings. The number of hydrogen-bond acceptors (Lipinski definition) is 9. The van der Waals surface area contributed by atoms with Crippen molar-refractivity contribution in [3.8, 4) is 0 Å². The first-order valence-corrected chi connectivity index (χ1v) is 14.1. The van der Waals surface area contributed by atoms with Crippen LogP contribution in [0.4, 0.5) is 32.8 Å². The largest absolute Gasteiger partial charge is 0.393 e. The van der Waals surface area contributed by atoms with Crippen molar-refractivity contribution in [3.63, 3.8) is 0 Å². The first kappa shape index (κ1) is 26.6. The monoisotopic (exact) mass is 559 g/mol. The Bertz CT molecular complexity index is 1260. The molecule has 3 aromatic rings. The number of carbonyl (C=O) groups is 1. The van der Waals surface area contributed by atoms with Gasteiger partial charge < -0.3 is 26.0 Å². The van der Waals surface area contributed by atoms with Gasteiger partial charge in [0, 0.05) is 25.2 Å². The van der Waals surface area contributed by atoms with Gasteiger partial charge in [0.15, 0.2) is 5.13 Å². The van der Waals surface area contributed by atoms with Crippen LogP contribution < -0.4 is 20.9 Å². The number of benzene rings is 1. The van der Waals surface area contributed by atoms with Crippen LogP contribution in [0.25, 0.3) is 0 Å². The molecule has 5 rings (SSSR count). The SMILES string of the molecule is Cc1cccc(Cl)c1NC(=O)c1cnc(Nc2cc(N3CCC(F)CC3)nc(NC3CCC(O)CC3)n2)s1. The number of nitrogens with one attached hydrogen (secondary N) is 3. The van der Waals surface area contributed by atoms with Gasteiger partial charge in [-0.1, -0.05) is 35.1 Å². The molecule has 1 saturated heterocycles. The van der Waals surface area contributed by atoms with Crippen LogP contribution in [-0.2, 0) is 0 Å². The average Bonchev–Trinajstić information content (AvgIpc) is 3.36. The first-order valence-electron chi connectivity index (χ1n) is 12.9. The lowest BCUT2D eigenvalue weighted by atomic mass is 9.93. The summed E-state index contributed by atoms with van der Waals surface area (Å²) in [5, 5.41) is 20.3. The minimum absolute atomic E-state index is 0.168. The number of hydrogen-bond donors (Lipinski definition) is 4. The Kier molecular flexibility index (Phi) is 8.25. The number of aliphatic hydroxyl groups is 1. The smallest absolute Gasteiger partial charge is 0.267 e. The van der Waals surface area contributed by atoms with Crippen LogP contribution in [0, 0.1) is 6.92 Å². The summed E-state index contributed by atoms with van der Waals surface area (Å²) in [6, 6.07) is 7.43. The van der Waals surface area contributed by atoms with Crippen molar-refractivity contribution in [2.45, 2.75) is 63.8 Å². The second-order valence-electron chi connectivity index (χ2n) is 9.79. The third-order valence-corrected chi connectivity index (χ3v) is 8.14. The standard InChI is InChI=1S/C26H31ClFN7O2S/c1-15-3-2-4-19(27)23(15)34-24(37)20-14-29-26(38-20)32-21-13-22(35-11-9-16(28)10-12-35)33-25(31-21)30-17-5-7-18(36)8-6-17/h2-4,13-14,16-18,36H,5-12H2,1H3,(H,34,37)(H2,29,30,31,32,33). The van der Waals surface area contributed by atoms with E-state index < -0.39 is 6.17 Å². The van der Waals surface area contributed by atoms with Gasteiger partial charge in [-0.15, -0.1) is 0 Å². The zero-order valence-corrected chi connectivity index (χ0v) is 22.7. The molecule has 0 unspecified atom stereocenters. The number of thiazole rings is 1. The minimum Gasteiger partial charge on any atom is -0.393 e. The van der Waals surface area contributed by atoms with Crippen LogP contribution in [0.3, 0.4) is 0 Å². The maximum Gasteiger partial charge on any atom is 0.267 e. The van der Waals surface area contributed by atoms with Gasteiger partial charge in [-0.05, 0) is 57.1 Å². The van der Waals surface area contributed by atoms with E-state index in [0.29, 0.717) is 64.2 Å². The number of aromatic nitrogens is 3. The van der Waals surface area contributed by atoms with Gasteiger partial charge in [0.25, 0.3) is 5.91 Å². The van der Waals surface area contributed by atoms with Crippen molar-refractivity contribution in [1.29, 1.82) is 0 Å². The highest BCUT2D eigenvalue weighted by molar-refractivity contribution is 7.17. The summed E-state index contributed by atoms with van der Waals surface area (Å²) >= 11 is 7.46. The fraction of sp³-hybridized carbons (Fsp3) is 0.462. The summed E-state index contributed by atoms with van der Waals surface area (Å²) in [6.07, 6.45) is 4.55. The Morgan fingerprint density at radius 3 is 2.66 bits per heavy atom.